The van der Waals surface area contributed by atoms with Gasteiger partial charge in [-0.2, -0.15) is 0 Å². The molecule has 4 unspecified atom stereocenters. The van der Waals surface area contributed by atoms with Gasteiger partial charge in [0.1, 0.15) is 5.75 Å². The summed E-state index contributed by atoms with van der Waals surface area (Å²) in [7, 11) is 0. The minimum Gasteiger partial charge on any atom is -0.406 e. The Morgan fingerprint density at radius 2 is 2.04 bits per heavy atom. The molecule has 0 radical (unpaired) electrons. The number of alkyl halides is 3. The van der Waals surface area contributed by atoms with Crippen molar-refractivity contribution in [3.63, 3.8) is 0 Å². The van der Waals surface area contributed by atoms with Crippen molar-refractivity contribution in [3.8, 4) is 5.75 Å². The topological polar surface area (TPSA) is 58.6 Å². The van der Waals surface area contributed by atoms with E-state index in [-0.39, 0.29) is 36.6 Å². The molecule has 2 bridgehead atoms. The highest BCUT2D eigenvalue weighted by molar-refractivity contribution is 5.79. The van der Waals surface area contributed by atoms with E-state index in [1.54, 1.807) is 6.07 Å². The highest BCUT2D eigenvalue weighted by Crippen LogP contribution is 2.48. The summed E-state index contributed by atoms with van der Waals surface area (Å²) in [5, 5.41) is 12.5. The van der Waals surface area contributed by atoms with Gasteiger partial charge in [0.15, 0.2) is 0 Å². The lowest BCUT2D eigenvalue weighted by molar-refractivity contribution is -0.274. The summed E-state index contributed by atoms with van der Waals surface area (Å²) in [5.41, 5.74) is 0.456. The van der Waals surface area contributed by atoms with Crippen LogP contribution in [0.3, 0.4) is 0 Å². The zero-order valence-electron chi connectivity index (χ0n) is 13.1. The fourth-order valence-corrected chi connectivity index (χ4v) is 4.17. The first-order valence-corrected chi connectivity index (χ1v) is 8.10. The molecule has 2 N–H and O–H groups in total. The highest BCUT2D eigenvalue weighted by atomic mass is 19.4. The summed E-state index contributed by atoms with van der Waals surface area (Å²) >= 11 is 0. The Kier molecular flexibility index (Phi) is 4.71. The monoisotopic (exact) mass is 343 g/mol. The molecular weight excluding hydrogens is 323 g/mol. The number of ether oxygens (including phenoxy) is 1. The summed E-state index contributed by atoms with van der Waals surface area (Å²) < 4.78 is 40.6. The first-order chi connectivity index (χ1) is 11.4. The lowest BCUT2D eigenvalue weighted by Gasteiger charge is -2.30. The first kappa shape index (κ1) is 17.1. The smallest absolute Gasteiger partial charge is 0.406 e. The van der Waals surface area contributed by atoms with Crippen LogP contribution in [-0.2, 0) is 11.2 Å². The number of carbonyl (C=O) groups is 1. The SMILES string of the molecule is O=C(Cc1cccc(OC(F)(F)F)c1)NC1C2CCC(C2)C1CO. The number of hydrogen-bond donors (Lipinski definition) is 2. The number of hydrogen-bond acceptors (Lipinski definition) is 3. The normalized spacial score (nSPS) is 28.8. The number of fused-ring (bicyclic) bond motifs is 2. The second-order valence-corrected chi connectivity index (χ2v) is 6.64. The molecule has 4 atom stereocenters. The summed E-state index contributed by atoms with van der Waals surface area (Å²) in [6, 6.07) is 5.41. The Hall–Kier alpha value is -1.76. The number of aliphatic hydroxyl groups is 1. The molecule has 0 heterocycles. The maximum Gasteiger partial charge on any atom is 0.573 e. The van der Waals surface area contributed by atoms with Crippen molar-refractivity contribution in [1.29, 1.82) is 0 Å². The van der Waals surface area contributed by atoms with Gasteiger partial charge in [0, 0.05) is 18.6 Å². The lowest BCUT2D eigenvalue weighted by atomic mass is 9.85. The van der Waals surface area contributed by atoms with E-state index in [0.29, 0.717) is 17.4 Å². The summed E-state index contributed by atoms with van der Waals surface area (Å²) in [6.45, 7) is 0.0566. The zero-order chi connectivity index (χ0) is 17.3. The summed E-state index contributed by atoms with van der Waals surface area (Å²) in [6.07, 6.45) is -1.58. The molecule has 2 aliphatic carbocycles. The third-order valence-corrected chi connectivity index (χ3v) is 5.12. The number of aliphatic hydroxyl groups excluding tert-OH is 1. The maximum absolute atomic E-state index is 12.2. The van der Waals surface area contributed by atoms with Gasteiger partial charge in [0.05, 0.1) is 6.42 Å². The second kappa shape index (κ2) is 6.63. The summed E-state index contributed by atoms with van der Waals surface area (Å²) in [5.74, 6) is 0.383. The van der Waals surface area contributed by atoms with Crippen LogP contribution in [0.4, 0.5) is 13.2 Å². The molecule has 7 heteroatoms. The molecule has 0 aliphatic heterocycles. The largest absolute Gasteiger partial charge is 0.573 e. The number of carbonyl (C=O) groups excluding carboxylic acids is 1. The van der Waals surface area contributed by atoms with E-state index in [4.69, 9.17) is 0 Å². The number of halogens is 3. The average Bonchev–Trinajstić information content (AvgIpc) is 3.06. The maximum atomic E-state index is 12.2. The van der Waals surface area contributed by atoms with Gasteiger partial charge < -0.3 is 15.2 Å². The third-order valence-electron chi connectivity index (χ3n) is 5.12. The van der Waals surface area contributed by atoms with E-state index >= 15 is 0 Å². The van der Waals surface area contributed by atoms with Crippen LogP contribution in [0.15, 0.2) is 24.3 Å². The summed E-state index contributed by atoms with van der Waals surface area (Å²) in [4.78, 5) is 12.2. The van der Waals surface area contributed by atoms with E-state index in [2.05, 4.69) is 10.1 Å². The zero-order valence-corrected chi connectivity index (χ0v) is 13.1. The van der Waals surface area contributed by atoms with Crippen molar-refractivity contribution in [2.24, 2.45) is 17.8 Å². The minimum atomic E-state index is -4.75. The van der Waals surface area contributed by atoms with Crippen LogP contribution in [0.1, 0.15) is 24.8 Å². The molecule has 4 nitrogen and oxygen atoms in total. The molecule has 0 spiro atoms. The Morgan fingerprint density at radius 1 is 1.29 bits per heavy atom. The van der Waals surface area contributed by atoms with E-state index in [9.17, 15) is 23.1 Å². The predicted octanol–water partition coefficient (Wildman–Crippen LogP) is 2.65. The van der Waals surface area contributed by atoms with Crippen LogP contribution < -0.4 is 10.1 Å². The number of nitrogens with one attached hydrogen (secondary N) is 1. The van der Waals surface area contributed by atoms with E-state index < -0.39 is 6.36 Å². The molecule has 2 saturated carbocycles. The number of rotatable bonds is 5. The van der Waals surface area contributed by atoms with E-state index in [1.165, 1.54) is 18.2 Å². The molecule has 1 aromatic rings. The van der Waals surface area contributed by atoms with Gasteiger partial charge in [-0.15, -0.1) is 13.2 Å². The third kappa shape index (κ3) is 3.83. The van der Waals surface area contributed by atoms with Crippen molar-refractivity contribution < 1.29 is 27.8 Å². The molecule has 0 aromatic heterocycles. The molecular formula is C17H20F3NO3. The fourth-order valence-electron chi connectivity index (χ4n) is 4.17. The van der Waals surface area contributed by atoms with Gasteiger partial charge in [0.2, 0.25) is 5.91 Å². The van der Waals surface area contributed by atoms with Crippen molar-refractivity contribution in [2.45, 2.75) is 38.1 Å². The molecule has 1 aromatic carbocycles. The quantitative estimate of drug-likeness (QED) is 0.864. The number of benzene rings is 1. The average molecular weight is 343 g/mol. The fraction of sp³-hybridized carbons (Fsp3) is 0.588. The van der Waals surface area contributed by atoms with E-state index in [1.807, 2.05) is 0 Å². The van der Waals surface area contributed by atoms with Crippen LogP contribution >= 0.6 is 0 Å². The second-order valence-electron chi connectivity index (χ2n) is 6.64. The van der Waals surface area contributed by atoms with Crippen molar-refractivity contribution in [1.82, 2.24) is 5.32 Å². The van der Waals surface area contributed by atoms with Gasteiger partial charge in [-0.1, -0.05) is 12.1 Å². The molecule has 1 amide bonds. The van der Waals surface area contributed by atoms with Gasteiger partial charge in [-0.05, 0) is 48.8 Å². The molecule has 2 aliphatic rings. The Labute approximate surface area is 138 Å². The van der Waals surface area contributed by atoms with Gasteiger partial charge in [0.25, 0.3) is 0 Å². The molecule has 0 saturated heterocycles. The van der Waals surface area contributed by atoms with Crippen LogP contribution in [0, 0.1) is 17.8 Å². The van der Waals surface area contributed by atoms with E-state index in [0.717, 1.165) is 19.3 Å². The molecule has 2 fully saturated rings. The lowest BCUT2D eigenvalue weighted by Crippen LogP contribution is -2.45. The van der Waals surface area contributed by atoms with Crippen LogP contribution in [0.5, 0.6) is 5.75 Å². The number of amides is 1. The Morgan fingerprint density at radius 3 is 2.75 bits per heavy atom. The highest BCUT2D eigenvalue weighted by Gasteiger charge is 2.47. The standard InChI is InChI=1S/C17H20F3NO3/c18-17(19,20)24-13-3-1-2-10(6-13)7-15(23)21-16-12-5-4-11(8-12)14(16)9-22/h1-3,6,11-12,14,16,22H,4-5,7-9H2,(H,21,23). The van der Waals surface area contributed by atoms with Crippen LogP contribution in [0.2, 0.25) is 0 Å². The molecule has 132 valence electrons. The van der Waals surface area contributed by atoms with Gasteiger partial charge >= 0.3 is 6.36 Å². The first-order valence-electron chi connectivity index (χ1n) is 8.10. The minimum absolute atomic E-state index is 0.0128. The van der Waals surface area contributed by atoms with Crippen molar-refractivity contribution in [3.05, 3.63) is 29.8 Å². The predicted molar refractivity (Wildman–Crippen MR) is 80.2 cm³/mol. The van der Waals surface area contributed by atoms with Crippen LogP contribution in [-0.4, -0.2) is 30.0 Å². The Balaban J connectivity index is 1.60. The van der Waals surface area contributed by atoms with Gasteiger partial charge in [-0.3, -0.25) is 4.79 Å². The van der Waals surface area contributed by atoms with Crippen molar-refractivity contribution in [2.75, 3.05) is 6.61 Å². The van der Waals surface area contributed by atoms with Crippen molar-refractivity contribution >= 4 is 5.91 Å². The van der Waals surface area contributed by atoms with Gasteiger partial charge in [-0.25, -0.2) is 0 Å². The molecule has 24 heavy (non-hydrogen) atoms. The Bertz CT molecular complexity index is 605. The van der Waals surface area contributed by atoms with Crippen LogP contribution in [0.25, 0.3) is 0 Å². The molecule has 3 rings (SSSR count).